The Hall–Kier alpha value is -0.590. The molecule has 1 aromatic carbocycles. The number of aromatic nitrogens is 2. The maximum Gasteiger partial charge on any atom is 0.0908 e. The lowest BCUT2D eigenvalue weighted by Crippen LogP contribution is -2.31. The molecule has 1 aromatic heterocycles. The third kappa shape index (κ3) is 3.02. The minimum atomic E-state index is -0.318. The maximum absolute atomic E-state index is 6.35. The molecule has 0 radical (unpaired) electrons. The summed E-state index contributed by atoms with van der Waals surface area (Å²) >= 11 is 16.0. The second kappa shape index (κ2) is 6.91. The van der Waals surface area contributed by atoms with Gasteiger partial charge in [-0.25, -0.2) is 5.43 Å². The average Bonchev–Trinajstić information content (AvgIpc) is 2.78. The largest absolute Gasteiger partial charge is 0.271 e. The van der Waals surface area contributed by atoms with Crippen molar-refractivity contribution in [1.82, 2.24) is 15.2 Å². The Balaban J connectivity index is 2.52. The standard InChI is InChI=1S/C13H15BrCl2N4/c1-2-6-20-13(10(15)7-18-20)12(19-17)8-4-3-5-9(14)11(8)16/h3-5,7,12,19H,2,6,17H2,1H3. The van der Waals surface area contributed by atoms with Crippen LogP contribution in [-0.4, -0.2) is 9.78 Å². The normalized spacial score (nSPS) is 12.7. The van der Waals surface area contributed by atoms with Gasteiger partial charge in [0.1, 0.15) is 0 Å². The van der Waals surface area contributed by atoms with E-state index in [0.717, 1.165) is 28.7 Å². The summed E-state index contributed by atoms with van der Waals surface area (Å²) in [5.41, 5.74) is 4.44. The van der Waals surface area contributed by atoms with Crippen molar-refractivity contribution in [2.45, 2.75) is 25.9 Å². The highest BCUT2D eigenvalue weighted by atomic mass is 79.9. The van der Waals surface area contributed by atoms with Crippen LogP contribution in [0, 0.1) is 0 Å². The van der Waals surface area contributed by atoms with Crippen molar-refractivity contribution in [3.8, 4) is 0 Å². The van der Waals surface area contributed by atoms with Crippen LogP contribution in [0.15, 0.2) is 28.9 Å². The first-order chi connectivity index (χ1) is 9.60. The molecule has 0 bridgehead atoms. The van der Waals surface area contributed by atoms with Gasteiger partial charge in [-0.1, -0.05) is 42.3 Å². The molecule has 0 amide bonds. The molecule has 108 valence electrons. The van der Waals surface area contributed by atoms with Gasteiger partial charge in [-0.3, -0.25) is 10.5 Å². The zero-order valence-corrected chi connectivity index (χ0v) is 14.0. The van der Waals surface area contributed by atoms with E-state index in [9.17, 15) is 0 Å². The molecule has 3 N–H and O–H groups in total. The molecule has 0 saturated carbocycles. The second-order valence-electron chi connectivity index (χ2n) is 4.34. The van der Waals surface area contributed by atoms with Gasteiger partial charge in [0.25, 0.3) is 0 Å². The van der Waals surface area contributed by atoms with E-state index in [4.69, 9.17) is 29.0 Å². The first-order valence-corrected chi connectivity index (χ1v) is 7.76. The number of rotatable bonds is 5. The molecule has 1 atom stereocenters. The predicted octanol–water partition coefficient (Wildman–Crippen LogP) is 3.92. The molecule has 2 aromatic rings. The third-order valence-electron chi connectivity index (χ3n) is 3.00. The molecule has 4 nitrogen and oxygen atoms in total. The van der Waals surface area contributed by atoms with E-state index in [2.05, 4.69) is 33.4 Å². The molecule has 1 unspecified atom stereocenters. The number of hydrazine groups is 1. The average molecular weight is 378 g/mol. The number of nitrogens with one attached hydrogen (secondary N) is 1. The van der Waals surface area contributed by atoms with E-state index < -0.39 is 0 Å². The Bertz CT molecular complexity index is 600. The van der Waals surface area contributed by atoms with Gasteiger partial charge in [0.05, 0.1) is 28.0 Å². The quantitative estimate of drug-likeness (QED) is 0.613. The number of hydrogen-bond acceptors (Lipinski definition) is 3. The summed E-state index contributed by atoms with van der Waals surface area (Å²) in [6, 6.07) is 5.38. The predicted molar refractivity (Wildman–Crippen MR) is 85.8 cm³/mol. The van der Waals surface area contributed by atoms with Crippen LogP contribution in [0.1, 0.15) is 30.6 Å². The van der Waals surface area contributed by atoms with Crippen LogP contribution in [0.5, 0.6) is 0 Å². The van der Waals surface area contributed by atoms with Gasteiger partial charge >= 0.3 is 0 Å². The molecule has 0 aliphatic carbocycles. The lowest BCUT2D eigenvalue weighted by atomic mass is 10.0. The fraction of sp³-hybridized carbons (Fsp3) is 0.308. The van der Waals surface area contributed by atoms with Crippen molar-refractivity contribution < 1.29 is 0 Å². The Morgan fingerprint density at radius 1 is 1.45 bits per heavy atom. The van der Waals surface area contributed by atoms with Crippen molar-refractivity contribution in [2.24, 2.45) is 5.84 Å². The van der Waals surface area contributed by atoms with Crippen molar-refractivity contribution in [1.29, 1.82) is 0 Å². The fourth-order valence-corrected chi connectivity index (χ4v) is 2.98. The highest BCUT2D eigenvalue weighted by Crippen LogP contribution is 2.35. The summed E-state index contributed by atoms with van der Waals surface area (Å²) in [7, 11) is 0. The Kier molecular flexibility index (Phi) is 5.46. The summed E-state index contributed by atoms with van der Waals surface area (Å²) in [6.45, 7) is 2.85. The van der Waals surface area contributed by atoms with E-state index in [1.165, 1.54) is 0 Å². The van der Waals surface area contributed by atoms with Gasteiger partial charge in [-0.15, -0.1) is 0 Å². The number of hydrogen-bond donors (Lipinski definition) is 2. The van der Waals surface area contributed by atoms with Crippen LogP contribution < -0.4 is 11.3 Å². The number of halogens is 3. The van der Waals surface area contributed by atoms with Crippen LogP contribution in [0.4, 0.5) is 0 Å². The van der Waals surface area contributed by atoms with Crippen molar-refractivity contribution in [3.05, 3.63) is 50.2 Å². The van der Waals surface area contributed by atoms with Gasteiger partial charge in [0.2, 0.25) is 0 Å². The topological polar surface area (TPSA) is 55.9 Å². The van der Waals surface area contributed by atoms with E-state index in [1.807, 2.05) is 22.9 Å². The molecular formula is C13H15BrCl2N4. The van der Waals surface area contributed by atoms with Gasteiger partial charge in [0, 0.05) is 11.0 Å². The molecule has 7 heteroatoms. The molecule has 20 heavy (non-hydrogen) atoms. The minimum Gasteiger partial charge on any atom is -0.271 e. The third-order valence-corrected chi connectivity index (χ3v) is 4.60. The molecular weight excluding hydrogens is 363 g/mol. The molecule has 0 spiro atoms. The zero-order valence-electron chi connectivity index (χ0n) is 10.9. The lowest BCUT2D eigenvalue weighted by Gasteiger charge is -2.20. The summed E-state index contributed by atoms with van der Waals surface area (Å²) in [6.07, 6.45) is 2.58. The number of nitrogens with zero attached hydrogens (tertiary/aromatic N) is 2. The summed E-state index contributed by atoms with van der Waals surface area (Å²) in [5, 5.41) is 5.46. The van der Waals surface area contributed by atoms with Crippen molar-refractivity contribution >= 4 is 39.1 Å². The number of aryl methyl sites for hydroxylation is 1. The highest BCUT2D eigenvalue weighted by Gasteiger charge is 2.23. The molecule has 0 fully saturated rings. The highest BCUT2D eigenvalue weighted by molar-refractivity contribution is 9.10. The number of nitrogens with two attached hydrogens (primary N) is 1. The Morgan fingerprint density at radius 2 is 2.20 bits per heavy atom. The zero-order chi connectivity index (χ0) is 14.7. The van der Waals surface area contributed by atoms with E-state index in [-0.39, 0.29) is 6.04 Å². The van der Waals surface area contributed by atoms with E-state index >= 15 is 0 Å². The van der Waals surface area contributed by atoms with Crippen LogP contribution in [0.2, 0.25) is 10.0 Å². The van der Waals surface area contributed by atoms with Crippen LogP contribution in [0.25, 0.3) is 0 Å². The SMILES string of the molecule is CCCn1ncc(Cl)c1C(NN)c1cccc(Br)c1Cl. The lowest BCUT2D eigenvalue weighted by molar-refractivity contribution is 0.521. The minimum absolute atomic E-state index is 0.318. The molecule has 0 aliphatic rings. The molecule has 1 heterocycles. The molecule has 0 aliphatic heterocycles. The van der Waals surface area contributed by atoms with E-state index in [1.54, 1.807) is 6.20 Å². The van der Waals surface area contributed by atoms with Crippen LogP contribution in [-0.2, 0) is 6.54 Å². The summed E-state index contributed by atoms with van der Waals surface area (Å²) in [5.74, 6) is 5.73. The van der Waals surface area contributed by atoms with Crippen LogP contribution in [0.3, 0.4) is 0 Å². The van der Waals surface area contributed by atoms with E-state index in [0.29, 0.717) is 10.0 Å². The van der Waals surface area contributed by atoms with Crippen LogP contribution >= 0.6 is 39.1 Å². The van der Waals surface area contributed by atoms with Crippen molar-refractivity contribution in [3.63, 3.8) is 0 Å². The van der Waals surface area contributed by atoms with Gasteiger partial charge in [0.15, 0.2) is 0 Å². The molecule has 2 rings (SSSR count). The Morgan fingerprint density at radius 3 is 2.85 bits per heavy atom. The maximum atomic E-state index is 6.35. The van der Waals surface area contributed by atoms with Crippen molar-refractivity contribution in [2.75, 3.05) is 0 Å². The monoisotopic (exact) mass is 376 g/mol. The Labute approximate surface area is 136 Å². The first-order valence-electron chi connectivity index (χ1n) is 6.21. The summed E-state index contributed by atoms with van der Waals surface area (Å²) in [4.78, 5) is 0. The molecule has 0 saturated heterocycles. The summed E-state index contributed by atoms with van der Waals surface area (Å²) < 4.78 is 2.67. The van der Waals surface area contributed by atoms with Gasteiger partial charge < -0.3 is 0 Å². The fourth-order valence-electron chi connectivity index (χ4n) is 2.11. The van der Waals surface area contributed by atoms with Gasteiger partial charge in [-0.05, 0) is 34.0 Å². The second-order valence-corrected chi connectivity index (χ2v) is 5.98. The first kappa shape index (κ1) is 15.8. The number of benzene rings is 1. The van der Waals surface area contributed by atoms with Gasteiger partial charge in [-0.2, -0.15) is 5.10 Å². The smallest absolute Gasteiger partial charge is 0.0908 e.